The Kier molecular flexibility index (Phi) is 11.1. The van der Waals surface area contributed by atoms with Crippen LogP contribution in [0.5, 0.6) is 0 Å². The second-order valence-corrected chi connectivity index (χ2v) is 10.8. The number of amides is 1. The Labute approximate surface area is 211 Å². The number of primary amides is 1. The van der Waals surface area contributed by atoms with Crippen LogP contribution in [-0.2, 0) is 33.8 Å². The molecule has 3 rings (SSSR count). The van der Waals surface area contributed by atoms with Gasteiger partial charge in [0.25, 0.3) is 0 Å². The highest BCUT2D eigenvalue weighted by atomic mass is 32.2. The molecule has 12 heteroatoms. The van der Waals surface area contributed by atoms with E-state index in [-0.39, 0.29) is 41.6 Å². The molecule has 11 nitrogen and oxygen atoms in total. The van der Waals surface area contributed by atoms with Gasteiger partial charge in [-0.3, -0.25) is 9.59 Å². The fraction of sp³-hybridized carbons (Fsp3) is 0.667. The van der Waals surface area contributed by atoms with Crippen LogP contribution in [0, 0.1) is 5.92 Å². The zero-order valence-electron chi connectivity index (χ0n) is 20.4. The topological polar surface area (TPSA) is 155 Å². The Morgan fingerprint density at radius 2 is 1.64 bits per heavy atom. The zero-order chi connectivity index (χ0) is 26.0. The highest BCUT2D eigenvalue weighted by molar-refractivity contribution is 7.89. The van der Waals surface area contributed by atoms with Crippen molar-refractivity contribution in [2.45, 2.75) is 49.1 Å². The predicted molar refractivity (Wildman–Crippen MR) is 129 cm³/mol. The third-order valence-electron chi connectivity index (χ3n) is 6.50. The first-order chi connectivity index (χ1) is 17.3. The summed E-state index contributed by atoms with van der Waals surface area (Å²) in [6, 6.07) is 5.84. The van der Waals surface area contributed by atoms with Crippen molar-refractivity contribution in [1.82, 2.24) is 4.31 Å². The van der Waals surface area contributed by atoms with Crippen molar-refractivity contribution in [3.05, 3.63) is 29.8 Å². The molecule has 1 heterocycles. The van der Waals surface area contributed by atoms with Gasteiger partial charge < -0.3 is 29.8 Å². The maximum Gasteiger partial charge on any atom is 0.305 e. The summed E-state index contributed by atoms with van der Waals surface area (Å²) in [6.45, 7) is 3.11. The van der Waals surface area contributed by atoms with Gasteiger partial charge in [-0.2, -0.15) is 4.31 Å². The summed E-state index contributed by atoms with van der Waals surface area (Å²) in [4.78, 5) is 21.9. The highest BCUT2D eigenvalue weighted by Crippen LogP contribution is 2.40. The first-order valence-corrected chi connectivity index (χ1v) is 13.7. The van der Waals surface area contributed by atoms with E-state index in [2.05, 4.69) is 0 Å². The molecule has 2 aliphatic rings. The van der Waals surface area contributed by atoms with E-state index in [9.17, 15) is 18.0 Å². The van der Waals surface area contributed by atoms with Gasteiger partial charge in [0.15, 0.2) is 0 Å². The van der Waals surface area contributed by atoms with Crippen molar-refractivity contribution in [2.75, 3.05) is 52.8 Å². The molecule has 1 aromatic rings. The molecular weight excluding hydrogens is 492 g/mol. The maximum atomic E-state index is 13.2. The molecule has 36 heavy (non-hydrogen) atoms. The third-order valence-corrected chi connectivity index (χ3v) is 8.42. The van der Waals surface area contributed by atoms with Crippen LogP contribution in [0.2, 0.25) is 0 Å². The largest absolute Gasteiger partial charge is 0.481 e. The van der Waals surface area contributed by atoms with Gasteiger partial charge >= 0.3 is 5.97 Å². The second-order valence-electron chi connectivity index (χ2n) is 8.91. The fourth-order valence-corrected chi connectivity index (χ4v) is 6.50. The molecule has 0 bridgehead atoms. The van der Waals surface area contributed by atoms with E-state index >= 15 is 0 Å². The number of fused-ring (bicyclic) bond motifs is 1. The van der Waals surface area contributed by atoms with Gasteiger partial charge in [-0.05, 0) is 49.8 Å². The minimum absolute atomic E-state index is 0.0181. The van der Waals surface area contributed by atoms with E-state index in [0.29, 0.717) is 46.2 Å². The quantitative estimate of drug-likeness (QED) is 0.302. The van der Waals surface area contributed by atoms with Crippen molar-refractivity contribution >= 4 is 21.9 Å². The summed E-state index contributed by atoms with van der Waals surface area (Å²) in [5, 5.41) is 8.51. The Hall–Kier alpha value is -2.09. The molecule has 1 aromatic carbocycles. The average molecular weight is 529 g/mol. The first kappa shape index (κ1) is 28.5. The summed E-state index contributed by atoms with van der Waals surface area (Å²) < 4.78 is 50.0. The van der Waals surface area contributed by atoms with Crippen molar-refractivity contribution in [3.8, 4) is 0 Å². The van der Waals surface area contributed by atoms with E-state index < -0.39 is 21.9 Å². The Morgan fingerprint density at radius 1 is 0.972 bits per heavy atom. The van der Waals surface area contributed by atoms with Crippen LogP contribution in [0.15, 0.2) is 29.2 Å². The molecule has 1 aliphatic carbocycles. The number of ether oxygens (including phenoxy) is 4. The van der Waals surface area contributed by atoms with Crippen LogP contribution in [0.1, 0.15) is 42.5 Å². The number of hydrogen-bond acceptors (Lipinski definition) is 8. The van der Waals surface area contributed by atoms with Crippen molar-refractivity contribution in [2.24, 2.45) is 11.7 Å². The summed E-state index contributed by atoms with van der Waals surface area (Å²) in [5.41, 5.74) is 5.49. The normalized spacial score (nSPS) is 22.4. The number of nitrogens with zero attached hydrogens (tertiary/aromatic N) is 1. The Balaban J connectivity index is 1.31. The van der Waals surface area contributed by atoms with Gasteiger partial charge in [0, 0.05) is 18.2 Å². The molecule has 2 fully saturated rings. The number of carbonyl (C=O) groups excluding carboxylic acids is 1. The SMILES string of the molecule is NC(=O)c1cccc(S(=O)(=O)N2CCC3CC(OCCOCCOCCOCCC(=O)O)CCC32)c1. The molecule has 0 spiro atoms. The Morgan fingerprint density at radius 3 is 2.31 bits per heavy atom. The number of rotatable bonds is 16. The number of carboxylic acid groups (broad SMARTS) is 1. The van der Waals surface area contributed by atoms with E-state index in [1.165, 1.54) is 18.2 Å². The van der Waals surface area contributed by atoms with Crippen LogP contribution in [0.3, 0.4) is 0 Å². The van der Waals surface area contributed by atoms with E-state index in [1.807, 2.05) is 0 Å². The summed E-state index contributed by atoms with van der Waals surface area (Å²) >= 11 is 0. The van der Waals surface area contributed by atoms with E-state index in [0.717, 1.165) is 25.7 Å². The van der Waals surface area contributed by atoms with Crippen molar-refractivity contribution in [1.29, 1.82) is 0 Å². The summed E-state index contributed by atoms with van der Waals surface area (Å²) in [6.07, 6.45) is 3.16. The molecular formula is C24H36N2O9S. The lowest BCUT2D eigenvalue weighted by Crippen LogP contribution is -2.42. The van der Waals surface area contributed by atoms with Crippen LogP contribution in [0.4, 0.5) is 0 Å². The second kappa shape index (κ2) is 14.0. The van der Waals surface area contributed by atoms with Crippen LogP contribution >= 0.6 is 0 Å². The monoisotopic (exact) mass is 528 g/mol. The predicted octanol–water partition coefficient (Wildman–Crippen LogP) is 1.26. The van der Waals surface area contributed by atoms with Crippen molar-refractivity contribution < 1.29 is 42.1 Å². The molecule has 3 N–H and O–H groups in total. The lowest BCUT2D eigenvalue weighted by molar-refractivity contribution is -0.138. The number of carbonyl (C=O) groups is 2. The number of nitrogens with two attached hydrogens (primary N) is 1. The van der Waals surface area contributed by atoms with Crippen LogP contribution < -0.4 is 5.73 Å². The molecule has 1 saturated heterocycles. The molecule has 1 aliphatic heterocycles. The van der Waals surface area contributed by atoms with Gasteiger partial charge in [-0.1, -0.05) is 6.07 Å². The third kappa shape index (κ3) is 8.22. The number of hydrogen-bond donors (Lipinski definition) is 2. The molecule has 1 amide bonds. The number of carboxylic acids is 1. The van der Waals surface area contributed by atoms with Gasteiger partial charge in [0.05, 0.1) is 63.7 Å². The number of sulfonamides is 1. The van der Waals surface area contributed by atoms with Crippen LogP contribution in [0.25, 0.3) is 0 Å². The summed E-state index contributed by atoms with van der Waals surface area (Å²) in [5.74, 6) is -1.30. The smallest absolute Gasteiger partial charge is 0.305 e. The molecule has 3 atom stereocenters. The number of aliphatic carboxylic acids is 1. The number of benzene rings is 1. The maximum absolute atomic E-state index is 13.2. The Bertz CT molecular complexity index is 972. The minimum Gasteiger partial charge on any atom is -0.481 e. The lowest BCUT2D eigenvalue weighted by Gasteiger charge is -2.35. The first-order valence-electron chi connectivity index (χ1n) is 12.3. The molecule has 202 valence electrons. The van der Waals surface area contributed by atoms with Crippen LogP contribution in [-0.4, -0.2) is 94.6 Å². The molecule has 3 unspecified atom stereocenters. The minimum atomic E-state index is -3.70. The molecule has 1 saturated carbocycles. The van der Waals surface area contributed by atoms with Crippen molar-refractivity contribution in [3.63, 3.8) is 0 Å². The fourth-order valence-electron chi connectivity index (χ4n) is 4.72. The summed E-state index contributed by atoms with van der Waals surface area (Å²) in [7, 11) is -3.70. The van der Waals surface area contributed by atoms with Gasteiger partial charge in [-0.15, -0.1) is 0 Å². The standard InChI is InChI=1S/C24H36N2O9S/c25-24(29)19-2-1-3-21(17-19)36(30,31)26-8-6-18-16-20(4-5-22(18)26)35-15-14-34-13-12-33-11-10-32-9-7-23(27)28/h1-3,17-18,20,22H,4-16H2,(H2,25,29)(H,27,28). The molecule has 0 aromatic heterocycles. The molecule has 0 radical (unpaired) electrons. The zero-order valence-corrected chi connectivity index (χ0v) is 21.2. The van der Waals surface area contributed by atoms with Gasteiger partial charge in [0.2, 0.25) is 15.9 Å². The van der Waals surface area contributed by atoms with E-state index in [1.54, 1.807) is 10.4 Å². The lowest BCUT2D eigenvalue weighted by atomic mass is 9.83. The van der Waals surface area contributed by atoms with Gasteiger partial charge in [0.1, 0.15) is 0 Å². The average Bonchev–Trinajstić information content (AvgIpc) is 3.29. The van der Waals surface area contributed by atoms with Gasteiger partial charge in [-0.25, -0.2) is 8.42 Å². The van der Waals surface area contributed by atoms with E-state index in [4.69, 9.17) is 29.8 Å². The highest BCUT2D eigenvalue weighted by Gasteiger charge is 2.44.